The van der Waals surface area contributed by atoms with E-state index in [0.717, 1.165) is 42.3 Å². The average molecular weight is 327 g/mol. The normalized spacial score (nSPS) is 33.4. The Bertz CT molecular complexity index is 285. The lowest BCUT2D eigenvalue weighted by Crippen LogP contribution is -2.03. The van der Waals surface area contributed by atoms with Crippen LogP contribution >= 0.6 is 23.5 Å². The Hall–Kier alpha value is 0.440. The summed E-state index contributed by atoms with van der Waals surface area (Å²) in [5, 5.41) is 17.4. The van der Waals surface area contributed by atoms with Gasteiger partial charge in [0.15, 0.2) is 0 Å². The minimum Gasteiger partial charge on any atom is -0.392 e. The summed E-state index contributed by atoms with van der Waals surface area (Å²) in [6.07, 6.45) is 2.28. The van der Waals surface area contributed by atoms with Gasteiger partial charge in [-0.25, -0.2) is 0 Å². The van der Waals surface area contributed by atoms with Gasteiger partial charge < -0.3 is 10.2 Å². The van der Waals surface area contributed by atoms with E-state index in [1.807, 2.05) is 11.8 Å². The third kappa shape index (κ3) is 9.07. The van der Waals surface area contributed by atoms with E-state index in [2.05, 4.69) is 0 Å². The number of carbonyl (C=O) groups is 1. The fraction of sp³-hybridized carbons (Fsp3) is 0.917. The second kappa shape index (κ2) is 10.2. The maximum absolute atomic E-state index is 10.4. The van der Waals surface area contributed by atoms with Crippen molar-refractivity contribution in [2.24, 2.45) is 0 Å². The van der Waals surface area contributed by atoms with Gasteiger partial charge in [-0.1, -0.05) is 0 Å². The van der Waals surface area contributed by atoms with Crippen LogP contribution in [0.5, 0.6) is 0 Å². The smallest absolute Gasteiger partial charge is 0.143 e. The monoisotopic (exact) mass is 326 g/mol. The molecule has 0 bridgehead atoms. The molecule has 0 amide bonds. The summed E-state index contributed by atoms with van der Waals surface area (Å²) in [6.45, 7) is 0. The minimum absolute atomic E-state index is 0.00926. The van der Waals surface area contributed by atoms with Crippen molar-refractivity contribution in [2.75, 3.05) is 34.5 Å². The molecule has 19 heavy (non-hydrogen) atoms. The zero-order chi connectivity index (χ0) is 14.1. The summed E-state index contributed by atoms with van der Waals surface area (Å²) in [5.74, 6) is 5.54. The Morgan fingerprint density at radius 3 is 2.05 bits per heavy atom. The number of hydrogen-bond acceptors (Lipinski definition) is 6. The molecule has 3 rings (SSSR count). The zero-order valence-electron chi connectivity index (χ0n) is 11.0. The molecule has 0 aliphatic carbocycles. The fourth-order valence-electron chi connectivity index (χ4n) is 1.61. The molecular formula is C12H22O4S3. The van der Waals surface area contributed by atoms with E-state index >= 15 is 0 Å². The lowest BCUT2D eigenvalue weighted by Gasteiger charge is -1.90. The fourth-order valence-corrected chi connectivity index (χ4v) is 4.84. The Morgan fingerprint density at radius 2 is 1.89 bits per heavy atom. The summed E-state index contributed by atoms with van der Waals surface area (Å²) >= 11 is 3.56. The highest BCUT2D eigenvalue weighted by Gasteiger charge is 2.17. The molecule has 2 N–H and O–H groups in total. The molecule has 4 nitrogen and oxygen atoms in total. The first-order chi connectivity index (χ1) is 9.08. The predicted octanol–water partition coefficient (Wildman–Crippen LogP) is 0.676. The first-order valence-corrected chi connectivity index (χ1v) is 10.3. The van der Waals surface area contributed by atoms with E-state index in [9.17, 15) is 9.00 Å². The average Bonchev–Trinajstić information content (AvgIpc) is 3.07. The standard InChI is InChI=1S/C4H8O2S.C4H8OS.C4H6OS/c5-4-1-2-7(6)3-4;2*5-4-1-2-6-3-4/h4-5H,1-3H2;4-5H,1-3H2;1-3H2/t4-,7+;4-;/m11./s1. The molecular weight excluding hydrogens is 304 g/mol. The summed E-state index contributed by atoms with van der Waals surface area (Å²) in [5.41, 5.74) is 0. The number of Topliss-reactive ketones (excluding diaryl/α,β-unsaturated/α-hetero) is 1. The first kappa shape index (κ1) is 17.5. The molecule has 3 saturated heterocycles. The summed E-state index contributed by atoms with van der Waals surface area (Å²) in [7, 11) is -0.703. The third-order valence-corrected chi connectivity index (χ3v) is 6.36. The molecule has 0 radical (unpaired) electrons. The third-order valence-electron chi connectivity index (χ3n) is 2.75. The molecule has 0 aromatic rings. The summed E-state index contributed by atoms with van der Waals surface area (Å²) < 4.78 is 10.4. The topological polar surface area (TPSA) is 74.6 Å². The van der Waals surface area contributed by atoms with Crippen molar-refractivity contribution in [3.63, 3.8) is 0 Å². The van der Waals surface area contributed by atoms with Crippen LogP contribution in [0.3, 0.4) is 0 Å². The number of aliphatic hydroxyl groups is 2. The van der Waals surface area contributed by atoms with Crippen LogP contribution < -0.4 is 0 Å². The van der Waals surface area contributed by atoms with Gasteiger partial charge in [0.25, 0.3) is 0 Å². The van der Waals surface area contributed by atoms with Crippen molar-refractivity contribution in [2.45, 2.75) is 31.5 Å². The maximum atomic E-state index is 10.4. The van der Waals surface area contributed by atoms with Crippen LogP contribution in [0.1, 0.15) is 19.3 Å². The van der Waals surface area contributed by atoms with Crippen LogP contribution in [0.25, 0.3) is 0 Å². The van der Waals surface area contributed by atoms with Crippen LogP contribution in [0.4, 0.5) is 0 Å². The van der Waals surface area contributed by atoms with Crippen molar-refractivity contribution < 1.29 is 19.2 Å². The Morgan fingerprint density at radius 1 is 1.11 bits per heavy atom. The Kier molecular flexibility index (Phi) is 9.40. The van der Waals surface area contributed by atoms with Gasteiger partial charge in [-0.05, 0) is 18.6 Å². The molecule has 0 aromatic heterocycles. The number of aliphatic hydroxyl groups excluding tert-OH is 2. The number of thioether (sulfide) groups is 2. The molecule has 3 atom stereocenters. The van der Waals surface area contributed by atoms with Gasteiger partial charge in [-0.15, -0.1) is 0 Å². The highest BCUT2D eigenvalue weighted by atomic mass is 32.2. The molecule has 0 unspecified atom stereocenters. The van der Waals surface area contributed by atoms with Crippen molar-refractivity contribution in [3.8, 4) is 0 Å². The second-order valence-corrected chi connectivity index (χ2v) is 8.49. The number of carbonyl (C=O) groups excluding carboxylic acids is 1. The van der Waals surface area contributed by atoms with E-state index in [0.29, 0.717) is 17.3 Å². The minimum atomic E-state index is -0.703. The van der Waals surface area contributed by atoms with Crippen LogP contribution in [-0.4, -0.2) is 66.9 Å². The van der Waals surface area contributed by atoms with E-state index in [1.165, 1.54) is 0 Å². The molecule has 3 aliphatic heterocycles. The van der Waals surface area contributed by atoms with Crippen molar-refractivity contribution >= 4 is 40.1 Å². The second-order valence-electron chi connectivity index (χ2n) is 4.61. The predicted molar refractivity (Wildman–Crippen MR) is 83.4 cm³/mol. The van der Waals surface area contributed by atoms with Gasteiger partial charge in [-0.3, -0.25) is 9.00 Å². The largest absolute Gasteiger partial charge is 0.392 e. The molecule has 3 fully saturated rings. The summed E-state index contributed by atoms with van der Waals surface area (Å²) in [6, 6.07) is 0. The Labute approximate surface area is 125 Å². The zero-order valence-corrected chi connectivity index (χ0v) is 13.4. The van der Waals surface area contributed by atoms with Gasteiger partial charge in [0.1, 0.15) is 5.78 Å². The van der Waals surface area contributed by atoms with E-state index in [1.54, 1.807) is 11.8 Å². The van der Waals surface area contributed by atoms with Crippen LogP contribution in [0.2, 0.25) is 0 Å². The van der Waals surface area contributed by atoms with Gasteiger partial charge >= 0.3 is 0 Å². The molecule has 112 valence electrons. The highest BCUT2D eigenvalue weighted by Crippen LogP contribution is 2.15. The van der Waals surface area contributed by atoms with Crippen molar-refractivity contribution in [1.82, 2.24) is 0 Å². The molecule has 7 heteroatoms. The van der Waals surface area contributed by atoms with Crippen LogP contribution in [-0.2, 0) is 15.6 Å². The number of ketones is 1. The summed E-state index contributed by atoms with van der Waals surface area (Å²) in [4.78, 5) is 10.2. The lowest BCUT2D eigenvalue weighted by atomic mass is 10.3. The molecule has 0 spiro atoms. The number of hydrogen-bond donors (Lipinski definition) is 2. The maximum Gasteiger partial charge on any atom is 0.143 e. The quantitative estimate of drug-likeness (QED) is 0.682. The van der Waals surface area contributed by atoms with E-state index < -0.39 is 10.8 Å². The lowest BCUT2D eigenvalue weighted by molar-refractivity contribution is -0.115. The van der Waals surface area contributed by atoms with E-state index in [-0.39, 0.29) is 12.2 Å². The van der Waals surface area contributed by atoms with Gasteiger partial charge in [0, 0.05) is 40.2 Å². The molecule has 3 aliphatic rings. The number of rotatable bonds is 0. The molecule has 0 aromatic carbocycles. The Balaban J connectivity index is 0.000000143. The van der Waals surface area contributed by atoms with E-state index in [4.69, 9.17) is 10.2 Å². The van der Waals surface area contributed by atoms with Gasteiger partial charge in [0.05, 0.1) is 18.0 Å². The van der Waals surface area contributed by atoms with Gasteiger partial charge in [0.2, 0.25) is 0 Å². The van der Waals surface area contributed by atoms with Crippen LogP contribution in [0, 0.1) is 0 Å². The SMILES string of the molecule is O=C1CCSC1.O=[S@]1CC[C@@H](O)C1.O[C@@H]1CCSC1. The first-order valence-electron chi connectivity index (χ1n) is 6.46. The highest BCUT2D eigenvalue weighted by molar-refractivity contribution is 8.00. The van der Waals surface area contributed by atoms with Gasteiger partial charge in [-0.2, -0.15) is 23.5 Å². The van der Waals surface area contributed by atoms with Crippen molar-refractivity contribution in [1.29, 1.82) is 0 Å². The van der Waals surface area contributed by atoms with Crippen LogP contribution in [0.15, 0.2) is 0 Å². The molecule has 3 heterocycles. The van der Waals surface area contributed by atoms with Crippen molar-refractivity contribution in [3.05, 3.63) is 0 Å². The molecule has 0 saturated carbocycles.